The molecule has 0 spiro atoms. The van der Waals surface area contributed by atoms with Gasteiger partial charge in [-0.15, -0.1) is 0 Å². The summed E-state index contributed by atoms with van der Waals surface area (Å²) in [6.45, 7) is 3.46. The molecule has 1 N–H and O–H groups in total. The van der Waals surface area contributed by atoms with E-state index in [1.54, 1.807) is 12.4 Å². The predicted molar refractivity (Wildman–Crippen MR) is 75.1 cm³/mol. The monoisotopic (exact) mass is 279 g/mol. The molecule has 0 radical (unpaired) electrons. The summed E-state index contributed by atoms with van der Waals surface area (Å²) in [4.78, 5) is 21.6. The van der Waals surface area contributed by atoms with Gasteiger partial charge >= 0.3 is 5.97 Å². The van der Waals surface area contributed by atoms with Crippen LogP contribution in [0.3, 0.4) is 0 Å². The normalized spacial score (nSPS) is 18.9. The van der Waals surface area contributed by atoms with E-state index in [0.29, 0.717) is 18.3 Å². The number of aliphatic carboxylic acids is 1. The first-order valence-electron chi connectivity index (χ1n) is 7.14. The van der Waals surface area contributed by atoms with E-state index in [-0.39, 0.29) is 12.5 Å². The highest BCUT2D eigenvalue weighted by Crippen LogP contribution is 2.25. The van der Waals surface area contributed by atoms with E-state index in [1.807, 2.05) is 11.8 Å². The van der Waals surface area contributed by atoms with E-state index in [9.17, 15) is 4.79 Å². The van der Waals surface area contributed by atoms with Crippen LogP contribution in [0.1, 0.15) is 39.0 Å². The van der Waals surface area contributed by atoms with Crippen molar-refractivity contribution in [3.63, 3.8) is 0 Å². The molecular weight excluding hydrogens is 258 g/mol. The highest BCUT2D eigenvalue weighted by molar-refractivity contribution is 5.68. The second kappa shape index (κ2) is 7.07. The van der Waals surface area contributed by atoms with Gasteiger partial charge in [-0.2, -0.15) is 4.98 Å². The van der Waals surface area contributed by atoms with Crippen molar-refractivity contribution < 1.29 is 14.6 Å². The molecule has 1 aromatic heterocycles. The molecule has 0 aromatic carbocycles. The van der Waals surface area contributed by atoms with Crippen LogP contribution in [-0.4, -0.2) is 40.2 Å². The fourth-order valence-electron chi connectivity index (χ4n) is 2.47. The van der Waals surface area contributed by atoms with Gasteiger partial charge in [0.25, 0.3) is 0 Å². The van der Waals surface area contributed by atoms with Gasteiger partial charge in [0.1, 0.15) is 0 Å². The topological polar surface area (TPSA) is 75.5 Å². The minimum absolute atomic E-state index is 0.00280. The summed E-state index contributed by atoms with van der Waals surface area (Å²) in [5.41, 5.74) is 0. The molecule has 0 amide bonds. The third kappa shape index (κ3) is 3.82. The van der Waals surface area contributed by atoms with E-state index in [2.05, 4.69) is 9.97 Å². The van der Waals surface area contributed by atoms with Crippen LogP contribution in [-0.2, 0) is 4.79 Å². The highest BCUT2D eigenvalue weighted by Gasteiger charge is 2.26. The Labute approximate surface area is 118 Å². The SMILES string of the molecule is CCCOc1cncc(N2CCCCC2CC(=O)O)n1. The lowest BCUT2D eigenvalue weighted by atomic mass is 9.99. The molecule has 2 heterocycles. The minimum atomic E-state index is -0.770. The van der Waals surface area contributed by atoms with Gasteiger partial charge in [0.15, 0.2) is 5.82 Å². The van der Waals surface area contributed by atoms with Gasteiger partial charge in [0, 0.05) is 12.6 Å². The first-order chi connectivity index (χ1) is 9.70. The fraction of sp³-hybridized carbons (Fsp3) is 0.643. The van der Waals surface area contributed by atoms with Gasteiger partial charge in [0.2, 0.25) is 5.88 Å². The van der Waals surface area contributed by atoms with Crippen LogP contribution in [0.2, 0.25) is 0 Å². The van der Waals surface area contributed by atoms with Gasteiger partial charge in [-0.1, -0.05) is 6.92 Å². The Morgan fingerprint density at radius 3 is 3.10 bits per heavy atom. The fourth-order valence-corrected chi connectivity index (χ4v) is 2.47. The molecule has 1 unspecified atom stereocenters. The molecule has 1 atom stereocenters. The van der Waals surface area contributed by atoms with Crippen LogP contribution in [0, 0.1) is 0 Å². The molecule has 6 nitrogen and oxygen atoms in total. The number of rotatable bonds is 6. The first kappa shape index (κ1) is 14.6. The summed E-state index contributed by atoms with van der Waals surface area (Å²) in [5.74, 6) is 0.446. The molecule has 1 saturated heterocycles. The number of piperidine rings is 1. The summed E-state index contributed by atoms with van der Waals surface area (Å²) in [6.07, 6.45) is 7.33. The van der Waals surface area contributed by atoms with Crippen LogP contribution in [0.5, 0.6) is 5.88 Å². The van der Waals surface area contributed by atoms with Crippen molar-refractivity contribution in [2.45, 2.75) is 45.1 Å². The zero-order chi connectivity index (χ0) is 14.4. The molecule has 20 heavy (non-hydrogen) atoms. The molecule has 1 aromatic rings. The quantitative estimate of drug-likeness (QED) is 0.859. The molecule has 0 saturated carbocycles. The summed E-state index contributed by atoms with van der Waals surface area (Å²) in [7, 11) is 0. The Bertz CT molecular complexity index is 453. The molecule has 2 rings (SSSR count). The third-order valence-electron chi connectivity index (χ3n) is 3.39. The first-order valence-corrected chi connectivity index (χ1v) is 7.14. The smallest absolute Gasteiger partial charge is 0.305 e. The van der Waals surface area contributed by atoms with Crippen molar-refractivity contribution in [2.24, 2.45) is 0 Å². The van der Waals surface area contributed by atoms with Crippen LogP contribution in [0.15, 0.2) is 12.4 Å². The molecular formula is C14H21N3O3. The Hall–Kier alpha value is -1.85. The van der Waals surface area contributed by atoms with Crippen LogP contribution in [0.25, 0.3) is 0 Å². The Morgan fingerprint density at radius 2 is 2.35 bits per heavy atom. The van der Waals surface area contributed by atoms with Gasteiger partial charge < -0.3 is 14.7 Å². The average molecular weight is 279 g/mol. The van der Waals surface area contributed by atoms with Crippen LogP contribution in [0.4, 0.5) is 5.82 Å². The van der Waals surface area contributed by atoms with Crippen LogP contribution < -0.4 is 9.64 Å². The Balaban J connectivity index is 2.12. The lowest BCUT2D eigenvalue weighted by Crippen LogP contribution is -2.41. The highest BCUT2D eigenvalue weighted by atomic mass is 16.5. The number of hydrogen-bond donors (Lipinski definition) is 1. The largest absolute Gasteiger partial charge is 0.481 e. The van der Waals surface area contributed by atoms with E-state index in [0.717, 1.165) is 32.2 Å². The number of aromatic nitrogens is 2. The summed E-state index contributed by atoms with van der Waals surface area (Å²) in [5, 5.41) is 9.01. The van der Waals surface area contributed by atoms with Crippen molar-refractivity contribution in [1.82, 2.24) is 9.97 Å². The number of anilines is 1. The Kier molecular flexibility index (Phi) is 5.15. The van der Waals surface area contributed by atoms with Crippen molar-refractivity contribution in [1.29, 1.82) is 0 Å². The molecule has 0 bridgehead atoms. The predicted octanol–water partition coefficient (Wildman–Crippen LogP) is 2.10. The lowest BCUT2D eigenvalue weighted by molar-refractivity contribution is -0.137. The van der Waals surface area contributed by atoms with Gasteiger partial charge in [-0.05, 0) is 25.7 Å². The van der Waals surface area contributed by atoms with Crippen molar-refractivity contribution >= 4 is 11.8 Å². The summed E-state index contributed by atoms with van der Waals surface area (Å²) < 4.78 is 5.49. The van der Waals surface area contributed by atoms with Gasteiger partial charge in [0.05, 0.1) is 25.4 Å². The maximum Gasteiger partial charge on any atom is 0.305 e. The Morgan fingerprint density at radius 1 is 1.50 bits per heavy atom. The molecule has 110 valence electrons. The zero-order valence-corrected chi connectivity index (χ0v) is 11.8. The van der Waals surface area contributed by atoms with E-state index >= 15 is 0 Å². The number of ether oxygens (including phenoxy) is 1. The second-order valence-corrected chi connectivity index (χ2v) is 5.00. The van der Waals surface area contributed by atoms with Crippen molar-refractivity contribution in [2.75, 3.05) is 18.1 Å². The van der Waals surface area contributed by atoms with Gasteiger partial charge in [-0.25, -0.2) is 0 Å². The number of hydrogen-bond acceptors (Lipinski definition) is 5. The molecule has 1 aliphatic heterocycles. The van der Waals surface area contributed by atoms with Gasteiger partial charge in [-0.3, -0.25) is 9.78 Å². The standard InChI is InChI=1S/C14H21N3O3/c1-2-7-20-13-10-15-9-12(16-13)17-6-4-3-5-11(17)8-14(18)19/h9-11H,2-8H2,1H3,(H,18,19). The number of carboxylic acid groups (broad SMARTS) is 1. The number of carboxylic acids is 1. The molecule has 6 heteroatoms. The van der Waals surface area contributed by atoms with Crippen LogP contribution >= 0.6 is 0 Å². The summed E-state index contributed by atoms with van der Waals surface area (Å²) in [6, 6.07) is -0.00280. The van der Waals surface area contributed by atoms with E-state index in [4.69, 9.17) is 9.84 Å². The zero-order valence-electron chi connectivity index (χ0n) is 11.8. The second-order valence-electron chi connectivity index (χ2n) is 5.00. The third-order valence-corrected chi connectivity index (χ3v) is 3.39. The van der Waals surface area contributed by atoms with Crippen molar-refractivity contribution in [3.8, 4) is 5.88 Å². The molecule has 1 fully saturated rings. The molecule has 1 aliphatic rings. The number of carbonyl (C=O) groups is 1. The number of nitrogens with zero attached hydrogens (tertiary/aromatic N) is 3. The lowest BCUT2D eigenvalue weighted by Gasteiger charge is -2.35. The maximum absolute atomic E-state index is 11.0. The summed E-state index contributed by atoms with van der Waals surface area (Å²) >= 11 is 0. The maximum atomic E-state index is 11.0. The van der Waals surface area contributed by atoms with E-state index < -0.39 is 5.97 Å². The van der Waals surface area contributed by atoms with E-state index in [1.165, 1.54) is 0 Å². The minimum Gasteiger partial charge on any atom is -0.481 e. The molecule has 0 aliphatic carbocycles. The van der Waals surface area contributed by atoms with Crippen molar-refractivity contribution in [3.05, 3.63) is 12.4 Å². The average Bonchev–Trinajstić information content (AvgIpc) is 2.45.